The van der Waals surface area contributed by atoms with Crippen LogP contribution in [0.3, 0.4) is 0 Å². The lowest BCUT2D eigenvalue weighted by molar-refractivity contribution is -0.126. The molecule has 0 saturated heterocycles. The van der Waals surface area contributed by atoms with E-state index in [-0.39, 0.29) is 11.7 Å². The molecule has 0 aromatic heterocycles. The van der Waals surface area contributed by atoms with Gasteiger partial charge in [0, 0.05) is 31.2 Å². The number of fused-ring (bicyclic) bond motifs is 1. The second kappa shape index (κ2) is 7.05. The van der Waals surface area contributed by atoms with Gasteiger partial charge in [0.1, 0.15) is 5.84 Å². The van der Waals surface area contributed by atoms with Gasteiger partial charge in [0.25, 0.3) is 15.9 Å². The highest BCUT2D eigenvalue weighted by molar-refractivity contribution is 7.98. The smallest absolute Gasteiger partial charge is 0.256 e. The Balaban J connectivity index is 1.70. The zero-order valence-electron chi connectivity index (χ0n) is 14.0. The number of amides is 1. The summed E-state index contributed by atoms with van der Waals surface area (Å²) in [6.45, 7) is 0.816. The summed E-state index contributed by atoms with van der Waals surface area (Å²) in [5.41, 5.74) is 1.57. The molecular formula is C17H19N3O3S2. The Morgan fingerprint density at radius 3 is 2.68 bits per heavy atom. The molecule has 2 aliphatic rings. The molecule has 0 bridgehead atoms. The fourth-order valence-corrected chi connectivity index (χ4v) is 4.00. The molecule has 132 valence electrons. The summed E-state index contributed by atoms with van der Waals surface area (Å²) in [7, 11) is -1.63. The van der Waals surface area contributed by atoms with E-state index in [4.69, 9.17) is 0 Å². The molecule has 2 heterocycles. The average Bonchev–Trinajstić information content (AvgIpc) is 2.60. The molecular weight excluding hydrogens is 358 g/mol. The Labute approximate surface area is 152 Å². The molecule has 1 aromatic rings. The highest BCUT2D eigenvalue weighted by atomic mass is 32.2. The molecule has 1 aromatic carbocycles. The van der Waals surface area contributed by atoms with Crippen molar-refractivity contribution in [1.82, 2.24) is 9.80 Å². The van der Waals surface area contributed by atoms with Gasteiger partial charge < -0.3 is 9.80 Å². The van der Waals surface area contributed by atoms with Crippen LogP contribution in [-0.4, -0.2) is 55.6 Å². The van der Waals surface area contributed by atoms with Crippen molar-refractivity contribution in [3.63, 3.8) is 0 Å². The fraction of sp³-hybridized carbons (Fsp3) is 0.294. The molecule has 0 aliphatic carbocycles. The van der Waals surface area contributed by atoms with Crippen LogP contribution in [0.15, 0.2) is 57.5 Å². The average molecular weight is 377 g/mol. The predicted octanol–water partition coefficient (Wildman–Crippen LogP) is 1.86. The number of carbonyl (C=O) groups is 1. The molecule has 1 amide bonds. The maximum absolute atomic E-state index is 12.6. The molecule has 8 heteroatoms. The Morgan fingerprint density at radius 2 is 2.00 bits per heavy atom. The summed E-state index contributed by atoms with van der Waals surface area (Å²) in [5.74, 6) is 0.204. The topological polar surface area (TPSA) is 70.1 Å². The lowest BCUT2D eigenvalue weighted by atomic mass is 10.1. The van der Waals surface area contributed by atoms with E-state index in [1.807, 2.05) is 30.5 Å². The molecule has 25 heavy (non-hydrogen) atoms. The quantitative estimate of drug-likeness (QED) is 0.749. The van der Waals surface area contributed by atoms with Gasteiger partial charge in [0.2, 0.25) is 0 Å². The van der Waals surface area contributed by atoms with Gasteiger partial charge in [-0.25, -0.2) is 8.42 Å². The van der Waals surface area contributed by atoms with Crippen LogP contribution < -0.4 is 0 Å². The first-order valence-corrected chi connectivity index (χ1v) is 10.6. The van der Waals surface area contributed by atoms with Crippen molar-refractivity contribution < 1.29 is 13.2 Å². The Kier molecular flexibility index (Phi) is 5.01. The Hall–Kier alpha value is -2.06. The number of benzene rings is 1. The molecule has 0 spiro atoms. The van der Waals surface area contributed by atoms with Gasteiger partial charge in [0.05, 0.1) is 11.3 Å². The van der Waals surface area contributed by atoms with Crippen LogP contribution >= 0.6 is 11.8 Å². The summed E-state index contributed by atoms with van der Waals surface area (Å²) >= 11 is 1.68. The van der Waals surface area contributed by atoms with Crippen molar-refractivity contribution in [2.45, 2.75) is 11.4 Å². The first-order chi connectivity index (χ1) is 11.9. The lowest BCUT2D eigenvalue weighted by Gasteiger charge is -2.28. The molecule has 0 radical (unpaired) electrons. The second-order valence-electron chi connectivity index (χ2n) is 5.86. The molecule has 6 nitrogen and oxygen atoms in total. The number of rotatable bonds is 4. The lowest BCUT2D eigenvalue weighted by Crippen LogP contribution is -2.38. The maximum atomic E-state index is 12.6. The first kappa shape index (κ1) is 17.8. The van der Waals surface area contributed by atoms with E-state index in [1.54, 1.807) is 47.0 Å². The van der Waals surface area contributed by atoms with E-state index in [1.165, 1.54) is 4.90 Å². The minimum Gasteiger partial charge on any atom is -0.337 e. The van der Waals surface area contributed by atoms with Crippen LogP contribution in [0.5, 0.6) is 0 Å². The largest absolute Gasteiger partial charge is 0.337 e. The van der Waals surface area contributed by atoms with E-state index in [0.29, 0.717) is 24.5 Å². The zero-order chi connectivity index (χ0) is 18.0. The first-order valence-electron chi connectivity index (χ1n) is 7.75. The minimum absolute atomic E-state index is 0.0417. The second-order valence-corrected chi connectivity index (χ2v) is 8.49. The van der Waals surface area contributed by atoms with E-state index in [2.05, 4.69) is 4.40 Å². The normalized spacial score (nSPS) is 18.2. The van der Waals surface area contributed by atoms with Crippen molar-refractivity contribution in [3.05, 3.63) is 53.8 Å². The van der Waals surface area contributed by atoms with E-state index in [0.717, 1.165) is 5.56 Å². The molecule has 3 rings (SSSR count). The number of sulfonamides is 1. The molecule has 0 saturated carbocycles. The third-order valence-electron chi connectivity index (χ3n) is 4.00. The number of carbonyl (C=O) groups excluding carboxylic acids is 1. The van der Waals surface area contributed by atoms with Crippen molar-refractivity contribution in [2.75, 3.05) is 25.6 Å². The highest BCUT2D eigenvalue weighted by Gasteiger charge is 2.25. The molecule has 0 N–H and O–H groups in total. The number of thioether (sulfide) groups is 1. The zero-order valence-corrected chi connectivity index (χ0v) is 15.7. The molecule has 0 fully saturated rings. The number of hydrogen-bond acceptors (Lipinski definition) is 5. The van der Waals surface area contributed by atoms with E-state index >= 15 is 0 Å². The maximum Gasteiger partial charge on any atom is 0.256 e. The van der Waals surface area contributed by atoms with Crippen LogP contribution in [0.4, 0.5) is 0 Å². The van der Waals surface area contributed by atoms with Crippen LogP contribution in [0.2, 0.25) is 0 Å². The number of hydrogen-bond donors (Lipinski definition) is 0. The van der Waals surface area contributed by atoms with Gasteiger partial charge in [-0.3, -0.25) is 4.79 Å². The standard InChI is InChI=1S/C17H19N3O3S2/c1-19(11-13-3-6-15(24-2)7-4-13)17(21)14-5-8-16-18-25(22,23)10-9-20(16)12-14/h3-8,12H,9-11H2,1-2H3. The summed E-state index contributed by atoms with van der Waals surface area (Å²) in [4.78, 5) is 17.2. The van der Waals surface area contributed by atoms with Crippen molar-refractivity contribution in [2.24, 2.45) is 4.40 Å². The predicted molar refractivity (Wildman–Crippen MR) is 99.8 cm³/mol. The number of likely N-dealkylation sites (N-methyl/N-ethyl adjacent to an activating group) is 1. The van der Waals surface area contributed by atoms with Crippen LogP contribution in [0.25, 0.3) is 0 Å². The highest BCUT2D eigenvalue weighted by Crippen LogP contribution is 2.19. The third kappa shape index (κ3) is 4.13. The summed E-state index contributed by atoms with van der Waals surface area (Å²) in [5, 5.41) is 0. The van der Waals surface area contributed by atoms with Crippen LogP contribution in [0, 0.1) is 0 Å². The fourth-order valence-electron chi connectivity index (χ4n) is 2.62. The number of nitrogens with zero attached hydrogens (tertiary/aromatic N) is 3. The van der Waals surface area contributed by atoms with Gasteiger partial charge in [-0.15, -0.1) is 16.2 Å². The monoisotopic (exact) mass is 377 g/mol. The minimum atomic E-state index is -3.38. The van der Waals surface area contributed by atoms with E-state index < -0.39 is 10.0 Å². The van der Waals surface area contributed by atoms with Gasteiger partial charge in [-0.1, -0.05) is 12.1 Å². The summed E-state index contributed by atoms with van der Waals surface area (Å²) < 4.78 is 26.8. The Bertz CT molecular complexity index is 871. The van der Waals surface area contributed by atoms with Gasteiger partial charge in [-0.05, 0) is 36.1 Å². The molecule has 2 aliphatic heterocycles. The van der Waals surface area contributed by atoms with Crippen molar-refractivity contribution in [3.8, 4) is 0 Å². The van der Waals surface area contributed by atoms with Crippen LogP contribution in [-0.2, 0) is 21.4 Å². The summed E-state index contributed by atoms with van der Waals surface area (Å²) in [6, 6.07) is 8.10. The Morgan fingerprint density at radius 1 is 1.28 bits per heavy atom. The van der Waals surface area contributed by atoms with Gasteiger partial charge in [-0.2, -0.15) is 0 Å². The number of amidine groups is 1. The van der Waals surface area contributed by atoms with Gasteiger partial charge >= 0.3 is 0 Å². The van der Waals surface area contributed by atoms with Gasteiger partial charge in [0.15, 0.2) is 0 Å². The summed E-state index contributed by atoms with van der Waals surface area (Å²) in [6.07, 6.45) is 6.88. The molecule has 0 atom stereocenters. The van der Waals surface area contributed by atoms with Crippen molar-refractivity contribution >= 4 is 33.5 Å². The third-order valence-corrected chi connectivity index (χ3v) is 5.90. The SMILES string of the molecule is CSc1ccc(CN(C)C(=O)C2=CN3CCS(=O)(=O)N=C3C=C2)cc1. The van der Waals surface area contributed by atoms with Crippen molar-refractivity contribution in [1.29, 1.82) is 0 Å². The van der Waals surface area contributed by atoms with Crippen LogP contribution in [0.1, 0.15) is 5.56 Å². The molecule has 0 unspecified atom stereocenters. The van der Waals surface area contributed by atoms with E-state index in [9.17, 15) is 13.2 Å².